The van der Waals surface area contributed by atoms with E-state index in [4.69, 9.17) is 4.74 Å². The van der Waals surface area contributed by atoms with Crippen LogP contribution in [0.4, 0.5) is 0 Å². The first-order valence-corrected chi connectivity index (χ1v) is 6.12. The molecule has 100 valence electrons. The lowest BCUT2D eigenvalue weighted by molar-refractivity contribution is -0.147. The highest BCUT2D eigenvalue weighted by Gasteiger charge is 2.27. The molecule has 0 atom stereocenters. The van der Waals surface area contributed by atoms with Gasteiger partial charge in [-0.1, -0.05) is 12.1 Å². The molecule has 0 saturated carbocycles. The molecule has 0 aromatic heterocycles. The van der Waals surface area contributed by atoms with Crippen molar-refractivity contribution < 1.29 is 19.1 Å². The molecule has 0 spiro atoms. The Labute approximate surface area is 111 Å². The summed E-state index contributed by atoms with van der Waals surface area (Å²) in [5, 5.41) is 0. The molecule has 0 unspecified atom stereocenters. The molecule has 0 bridgehead atoms. The molecule has 1 saturated heterocycles. The summed E-state index contributed by atoms with van der Waals surface area (Å²) >= 11 is 0. The summed E-state index contributed by atoms with van der Waals surface area (Å²) in [6, 6.07) is 6.67. The number of hydrogen-bond acceptors (Lipinski definition) is 4. The fourth-order valence-corrected chi connectivity index (χ4v) is 2.01. The number of carbonyl (C=O) groups is 3. The van der Waals surface area contributed by atoms with Crippen LogP contribution >= 0.6 is 0 Å². The summed E-state index contributed by atoms with van der Waals surface area (Å²) in [5.41, 5.74) is 0.436. The molecule has 0 aliphatic carbocycles. The van der Waals surface area contributed by atoms with Crippen molar-refractivity contribution in [2.45, 2.75) is 19.3 Å². The molecular formula is C14H15NO4. The van der Waals surface area contributed by atoms with Gasteiger partial charge in [-0.15, -0.1) is 0 Å². The minimum absolute atomic E-state index is 0.190. The van der Waals surface area contributed by atoms with Crippen molar-refractivity contribution in [2.24, 2.45) is 0 Å². The van der Waals surface area contributed by atoms with Crippen molar-refractivity contribution in [3.05, 3.63) is 29.8 Å². The standard InChI is InChI=1S/C14H15NO4/c1-19-11-5-2-4-10(8-11)12(16)9-15-13(17)6-3-7-14(15)18/h2,4-5,8H,3,6-7,9H2,1H3. The van der Waals surface area contributed by atoms with Gasteiger partial charge in [-0.05, 0) is 18.6 Å². The van der Waals surface area contributed by atoms with E-state index in [1.807, 2.05) is 0 Å². The van der Waals surface area contributed by atoms with Crippen LogP contribution in [0.25, 0.3) is 0 Å². The Morgan fingerprint density at radius 2 is 1.95 bits per heavy atom. The normalized spacial score (nSPS) is 15.5. The van der Waals surface area contributed by atoms with Crippen LogP contribution in [0.1, 0.15) is 29.6 Å². The molecule has 1 aromatic rings. The minimum atomic E-state index is -0.271. The van der Waals surface area contributed by atoms with E-state index in [1.165, 1.54) is 7.11 Å². The zero-order valence-electron chi connectivity index (χ0n) is 10.7. The van der Waals surface area contributed by atoms with E-state index in [0.29, 0.717) is 30.6 Å². The van der Waals surface area contributed by atoms with E-state index >= 15 is 0 Å². The largest absolute Gasteiger partial charge is 0.497 e. The van der Waals surface area contributed by atoms with E-state index in [1.54, 1.807) is 24.3 Å². The number of methoxy groups -OCH3 is 1. The summed E-state index contributed by atoms with van der Waals surface area (Å²) in [4.78, 5) is 36.4. The predicted octanol–water partition coefficient (Wildman–Crippen LogP) is 1.42. The van der Waals surface area contributed by atoms with E-state index in [9.17, 15) is 14.4 Å². The third-order valence-corrected chi connectivity index (χ3v) is 3.08. The van der Waals surface area contributed by atoms with Crippen LogP contribution < -0.4 is 4.74 Å². The number of carbonyl (C=O) groups excluding carboxylic acids is 3. The second kappa shape index (κ2) is 5.65. The van der Waals surface area contributed by atoms with Crippen LogP contribution in [0.5, 0.6) is 5.75 Å². The monoisotopic (exact) mass is 261 g/mol. The Hall–Kier alpha value is -2.17. The van der Waals surface area contributed by atoms with Crippen molar-refractivity contribution in [3.8, 4) is 5.75 Å². The van der Waals surface area contributed by atoms with Crippen LogP contribution in [-0.2, 0) is 9.59 Å². The number of amides is 2. The van der Waals surface area contributed by atoms with Crippen LogP contribution in [0.2, 0.25) is 0 Å². The molecule has 0 radical (unpaired) electrons. The first-order valence-electron chi connectivity index (χ1n) is 6.12. The van der Waals surface area contributed by atoms with Crippen molar-refractivity contribution in [1.29, 1.82) is 0 Å². The van der Waals surface area contributed by atoms with Crippen LogP contribution in [-0.4, -0.2) is 36.2 Å². The van der Waals surface area contributed by atoms with Gasteiger partial charge in [-0.3, -0.25) is 19.3 Å². The molecule has 5 nitrogen and oxygen atoms in total. The maximum atomic E-state index is 12.1. The quantitative estimate of drug-likeness (QED) is 0.607. The number of nitrogens with zero attached hydrogens (tertiary/aromatic N) is 1. The van der Waals surface area contributed by atoms with Crippen LogP contribution in [0.3, 0.4) is 0 Å². The van der Waals surface area contributed by atoms with E-state index in [-0.39, 0.29) is 24.1 Å². The highest BCUT2D eigenvalue weighted by Crippen LogP contribution is 2.16. The maximum absolute atomic E-state index is 12.1. The SMILES string of the molecule is COc1cccc(C(=O)CN2C(=O)CCCC2=O)c1. The van der Waals surface area contributed by atoms with Gasteiger partial charge in [0.05, 0.1) is 13.7 Å². The topological polar surface area (TPSA) is 63.7 Å². The second-order valence-electron chi connectivity index (χ2n) is 4.38. The maximum Gasteiger partial charge on any atom is 0.229 e. The molecule has 1 heterocycles. The first kappa shape index (κ1) is 13.3. The van der Waals surface area contributed by atoms with Gasteiger partial charge in [0.1, 0.15) is 5.75 Å². The number of hydrogen-bond donors (Lipinski definition) is 0. The molecule has 1 aliphatic rings. The van der Waals surface area contributed by atoms with Crippen molar-refractivity contribution in [3.63, 3.8) is 0 Å². The summed E-state index contributed by atoms with van der Waals surface area (Å²) < 4.78 is 5.04. The molecule has 1 fully saturated rings. The number of piperidine rings is 1. The van der Waals surface area contributed by atoms with Crippen LogP contribution in [0.15, 0.2) is 24.3 Å². The molecule has 5 heteroatoms. The average molecular weight is 261 g/mol. The van der Waals surface area contributed by atoms with Gasteiger partial charge in [0.15, 0.2) is 5.78 Å². The first-order chi connectivity index (χ1) is 9.11. The number of rotatable bonds is 4. The number of benzene rings is 1. The molecule has 1 aromatic carbocycles. The number of imide groups is 1. The molecule has 0 N–H and O–H groups in total. The zero-order chi connectivity index (χ0) is 13.8. The molecule has 1 aliphatic heterocycles. The van der Waals surface area contributed by atoms with Gasteiger partial charge in [0.25, 0.3) is 0 Å². The van der Waals surface area contributed by atoms with Gasteiger partial charge < -0.3 is 4.74 Å². The Morgan fingerprint density at radius 3 is 2.58 bits per heavy atom. The zero-order valence-corrected chi connectivity index (χ0v) is 10.7. The summed E-state index contributed by atoms with van der Waals surface area (Å²) in [6.45, 7) is -0.190. The lowest BCUT2D eigenvalue weighted by Crippen LogP contribution is -2.43. The van der Waals surface area contributed by atoms with Gasteiger partial charge >= 0.3 is 0 Å². The summed E-state index contributed by atoms with van der Waals surface area (Å²) in [5.74, 6) is -0.232. The Morgan fingerprint density at radius 1 is 1.26 bits per heavy atom. The van der Waals surface area contributed by atoms with Gasteiger partial charge in [0, 0.05) is 18.4 Å². The lowest BCUT2D eigenvalue weighted by Gasteiger charge is -2.24. The fourth-order valence-electron chi connectivity index (χ4n) is 2.01. The molecule has 2 rings (SSSR count). The number of ether oxygens (including phenoxy) is 1. The fraction of sp³-hybridized carbons (Fsp3) is 0.357. The summed E-state index contributed by atoms with van der Waals surface area (Å²) in [6.07, 6.45) is 1.23. The molecular weight excluding hydrogens is 246 g/mol. The van der Waals surface area contributed by atoms with Crippen LogP contribution in [0, 0.1) is 0 Å². The second-order valence-corrected chi connectivity index (χ2v) is 4.38. The van der Waals surface area contributed by atoms with Gasteiger partial charge in [-0.25, -0.2) is 0 Å². The highest BCUT2D eigenvalue weighted by atomic mass is 16.5. The van der Waals surface area contributed by atoms with Gasteiger partial charge in [-0.2, -0.15) is 0 Å². The minimum Gasteiger partial charge on any atom is -0.497 e. The predicted molar refractivity (Wildman–Crippen MR) is 67.9 cm³/mol. The number of likely N-dealkylation sites (tertiary alicyclic amines) is 1. The van der Waals surface area contributed by atoms with E-state index in [0.717, 1.165) is 4.90 Å². The molecule has 19 heavy (non-hydrogen) atoms. The lowest BCUT2D eigenvalue weighted by atomic mass is 10.1. The van der Waals surface area contributed by atoms with Crippen molar-refractivity contribution >= 4 is 17.6 Å². The smallest absolute Gasteiger partial charge is 0.229 e. The van der Waals surface area contributed by atoms with E-state index < -0.39 is 0 Å². The highest BCUT2D eigenvalue weighted by molar-refractivity contribution is 6.05. The van der Waals surface area contributed by atoms with E-state index in [2.05, 4.69) is 0 Å². The van der Waals surface area contributed by atoms with Gasteiger partial charge in [0.2, 0.25) is 11.8 Å². The number of Topliss-reactive ketones (excluding diaryl/α,β-unsaturated/α-hetero) is 1. The van der Waals surface area contributed by atoms with Crippen molar-refractivity contribution in [2.75, 3.05) is 13.7 Å². The third kappa shape index (κ3) is 2.99. The Bertz CT molecular complexity index is 508. The van der Waals surface area contributed by atoms with Crippen molar-refractivity contribution in [1.82, 2.24) is 4.90 Å². The molecule has 2 amide bonds. The Kier molecular flexibility index (Phi) is 3.94. The average Bonchev–Trinajstić information content (AvgIpc) is 2.43. The Balaban J connectivity index is 2.11. The summed E-state index contributed by atoms with van der Waals surface area (Å²) in [7, 11) is 1.52. The third-order valence-electron chi connectivity index (χ3n) is 3.08. The number of ketones is 1.